The largest absolute Gasteiger partial charge is 0.453 e. The third-order valence-electron chi connectivity index (χ3n) is 2.09. The minimum Gasteiger partial charge on any atom is -0.453 e. The summed E-state index contributed by atoms with van der Waals surface area (Å²) in [6.45, 7) is 2.49. The lowest BCUT2D eigenvalue weighted by Gasteiger charge is -2.19. The maximum absolute atomic E-state index is 9.08. The third kappa shape index (κ3) is 3.95. The van der Waals surface area contributed by atoms with Crippen LogP contribution < -0.4 is 5.32 Å². The molecule has 0 aliphatic carbocycles. The van der Waals surface area contributed by atoms with Crippen LogP contribution in [0.2, 0.25) is 0 Å². The molecule has 15 heavy (non-hydrogen) atoms. The first-order valence-corrected chi connectivity index (χ1v) is 5.57. The summed E-state index contributed by atoms with van der Waals surface area (Å²) in [6, 6.07) is 3.71. The maximum Gasteiger partial charge on any atom is 0.169 e. The molecule has 4 nitrogen and oxygen atoms in total. The van der Waals surface area contributed by atoms with Crippen LogP contribution in [0.3, 0.4) is 0 Å². The van der Waals surface area contributed by atoms with Gasteiger partial charge in [0.05, 0.1) is 25.3 Å². The second-order valence-corrected chi connectivity index (χ2v) is 4.15. The van der Waals surface area contributed by atoms with Crippen molar-refractivity contribution >= 4 is 15.9 Å². The molecule has 2 atom stereocenters. The molecule has 0 spiro atoms. The molecule has 2 unspecified atom stereocenters. The number of aliphatic hydroxyl groups is 1. The number of nitrogens with one attached hydrogen (secondary N) is 1. The molecule has 1 heterocycles. The smallest absolute Gasteiger partial charge is 0.169 e. The van der Waals surface area contributed by atoms with E-state index in [9.17, 15) is 0 Å². The van der Waals surface area contributed by atoms with E-state index in [0.29, 0.717) is 11.3 Å². The van der Waals surface area contributed by atoms with Crippen LogP contribution in [0.1, 0.15) is 18.7 Å². The predicted molar refractivity (Wildman–Crippen MR) is 60.7 cm³/mol. The molecule has 0 amide bonds. The fourth-order valence-corrected chi connectivity index (χ4v) is 1.67. The molecular formula is C10H16BrNO3. The van der Waals surface area contributed by atoms with Gasteiger partial charge >= 0.3 is 0 Å². The molecule has 1 aromatic rings. The Morgan fingerprint density at radius 1 is 1.60 bits per heavy atom. The normalized spacial score (nSPS) is 15.2. The minimum atomic E-state index is -0.0751. The first-order valence-electron chi connectivity index (χ1n) is 4.78. The van der Waals surface area contributed by atoms with E-state index in [1.807, 2.05) is 19.1 Å². The molecule has 0 radical (unpaired) electrons. The Balaban J connectivity index is 2.50. The van der Waals surface area contributed by atoms with Crippen LogP contribution in [-0.2, 0) is 4.74 Å². The van der Waals surface area contributed by atoms with Crippen molar-refractivity contribution in [3.05, 3.63) is 22.6 Å². The topological polar surface area (TPSA) is 54.6 Å². The van der Waals surface area contributed by atoms with Crippen molar-refractivity contribution in [2.45, 2.75) is 19.0 Å². The van der Waals surface area contributed by atoms with Crippen LogP contribution in [0.4, 0.5) is 0 Å². The molecule has 1 aromatic heterocycles. The van der Waals surface area contributed by atoms with Crippen LogP contribution in [-0.4, -0.2) is 31.5 Å². The number of methoxy groups -OCH3 is 1. The average Bonchev–Trinajstić information content (AvgIpc) is 2.64. The van der Waals surface area contributed by atoms with Crippen LogP contribution in [0, 0.1) is 0 Å². The zero-order valence-electron chi connectivity index (χ0n) is 8.87. The van der Waals surface area contributed by atoms with Gasteiger partial charge in [-0.2, -0.15) is 0 Å². The monoisotopic (exact) mass is 277 g/mol. The highest BCUT2D eigenvalue weighted by Gasteiger charge is 2.14. The van der Waals surface area contributed by atoms with Crippen molar-refractivity contribution in [3.63, 3.8) is 0 Å². The first-order chi connectivity index (χ1) is 7.17. The highest BCUT2D eigenvalue weighted by atomic mass is 79.9. The summed E-state index contributed by atoms with van der Waals surface area (Å²) < 4.78 is 11.1. The van der Waals surface area contributed by atoms with Crippen molar-refractivity contribution in [3.8, 4) is 0 Å². The second kappa shape index (κ2) is 6.27. The van der Waals surface area contributed by atoms with Crippen LogP contribution >= 0.6 is 15.9 Å². The van der Waals surface area contributed by atoms with Gasteiger partial charge in [-0.15, -0.1) is 0 Å². The first kappa shape index (κ1) is 12.7. The summed E-state index contributed by atoms with van der Waals surface area (Å²) in [5, 5.41) is 12.3. The Kier molecular flexibility index (Phi) is 5.31. The van der Waals surface area contributed by atoms with Gasteiger partial charge in [0.2, 0.25) is 0 Å². The van der Waals surface area contributed by atoms with Gasteiger partial charge in [-0.25, -0.2) is 0 Å². The summed E-state index contributed by atoms with van der Waals surface area (Å²) in [6.07, 6.45) is 0. The molecule has 86 valence electrons. The van der Waals surface area contributed by atoms with Crippen molar-refractivity contribution < 1.29 is 14.3 Å². The Morgan fingerprint density at radius 2 is 2.33 bits per heavy atom. The van der Waals surface area contributed by atoms with E-state index in [0.717, 1.165) is 5.76 Å². The Labute approximate surface area is 97.7 Å². The number of hydrogen-bond donors (Lipinski definition) is 2. The molecule has 0 aromatic carbocycles. The van der Waals surface area contributed by atoms with Crippen LogP contribution in [0.15, 0.2) is 21.2 Å². The molecule has 0 aliphatic rings. The number of halogens is 1. The summed E-state index contributed by atoms with van der Waals surface area (Å²) in [4.78, 5) is 0. The molecule has 0 aliphatic heterocycles. The van der Waals surface area contributed by atoms with Crippen molar-refractivity contribution in [1.29, 1.82) is 0 Å². The van der Waals surface area contributed by atoms with Gasteiger partial charge in [-0.05, 0) is 35.0 Å². The Morgan fingerprint density at radius 3 is 2.80 bits per heavy atom. The highest BCUT2D eigenvalue weighted by Crippen LogP contribution is 2.20. The number of ether oxygens (including phenoxy) is 1. The van der Waals surface area contributed by atoms with Crippen molar-refractivity contribution in [1.82, 2.24) is 5.32 Å². The molecule has 0 bridgehead atoms. The van der Waals surface area contributed by atoms with Gasteiger partial charge in [-0.1, -0.05) is 0 Å². The molecule has 0 fully saturated rings. The molecule has 2 N–H and O–H groups in total. The highest BCUT2D eigenvalue weighted by molar-refractivity contribution is 9.10. The van der Waals surface area contributed by atoms with Gasteiger partial charge in [0.15, 0.2) is 4.67 Å². The summed E-state index contributed by atoms with van der Waals surface area (Å²) in [5.41, 5.74) is 0. The lowest BCUT2D eigenvalue weighted by atomic mass is 10.2. The van der Waals surface area contributed by atoms with Gasteiger partial charge < -0.3 is 19.6 Å². The lowest BCUT2D eigenvalue weighted by molar-refractivity contribution is 0.121. The average molecular weight is 278 g/mol. The lowest BCUT2D eigenvalue weighted by Crippen LogP contribution is -2.37. The zero-order chi connectivity index (χ0) is 11.3. The third-order valence-corrected chi connectivity index (χ3v) is 2.52. The second-order valence-electron chi connectivity index (χ2n) is 3.37. The standard InChI is InChI=1S/C10H16BrNO3/c1-7(9-3-4-10(11)15-9)12-8(5-13)6-14-2/h3-4,7-8,12-13H,5-6H2,1-2H3. The Hall–Kier alpha value is -0.360. The number of hydrogen-bond acceptors (Lipinski definition) is 4. The minimum absolute atomic E-state index is 0.0417. The quantitative estimate of drug-likeness (QED) is 0.831. The van der Waals surface area contributed by atoms with E-state index in [4.69, 9.17) is 14.3 Å². The molecule has 5 heteroatoms. The van der Waals surface area contributed by atoms with Crippen molar-refractivity contribution in [2.24, 2.45) is 0 Å². The maximum atomic E-state index is 9.08. The van der Waals surface area contributed by atoms with E-state index < -0.39 is 0 Å². The fourth-order valence-electron chi connectivity index (χ4n) is 1.35. The van der Waals surface area contributed by atoms with E-state index >= 15 is 0 Å². The van der Waals surface area contributed by atoms with Gasteiger partial charge in [0.1, 0.15) is 5.76 Å². The van der Waals surface area contributed by atoms with E-state index in [1.165, 1.54) is 0 Å². The fraction of sp³-hybridized carbons (Fsp3) is 0.600. The summed E-state index contributed by atoms with van der Waals surface area (Å²) in [5.74, 6) is 0.830. The van der Waals surface area contributed by atoms with Gasteiger partial charge in [-0.3, -0.25) is 0 Å². The molecular weight excluding hydrogens is 262 g/mol. The predicted octanol–water partition coefficient (Wildman–Crippen LogP) is 1.70. The molecule has 0 saturated carbocycles. The van der Waals surface area contributed by atoms with Crippen LogP contribution in [0.25, 0.3) is 0 Å². The SMILES string of the molecule is COCC(CO)NC(C)c1ccc(Br)o1. The zero-order valence-corrected chi connectivity index (χ0v) is 10.5. The molecule has 0 saturated heterocycles. The number of rotatable bonds is 6. The molecule has 1 rings (SSSR count). The van der Waals surface area contributed by atoms with Gasteiger partial charge in [0.25, 0.3) is 0 Å². The van der Waals surface area contributed by atoms with E-state index in [-0.39, 0.29) is 18.7 Å². The van der Waals surface area contributed by atoms with Crippen molar-refractivity contribution in [2.75, 3.05) is 20.3 Å². The summed E-state index contributed by atoms with van der Waals surface area (Å²) >= 11 is 3.25. The van der Waals surface area contributed by atoms with E-state index in [2.05, 4.69) is 21.2 Å². The summed E-state index contributed by atoms with van der Waals surface area (Å²) in [7, 11) is 1.61. The van der Waals surface area contributed by atoms with Gasteiger partial charge in [0, 0.05) is 7.11 Å². The number of aliphatic hydroxyl groups excluding tert-OH is 1. The van der Waals surface area contributed by atoms with Crippen LogP contribution in [0.5, 0.6) is 0 Å². The Bertz CT molecular complexity index is 290. The van der Waals surface area contributed by atoms with E-state index in [1.54, 1.807) is 7.11 Å². The number of furan rings is 1.